The Morgan fingerprint density at radius 3 is 2.62 bits per heavy atom. The van der Waals surface area contributed by atoms with E-state index in [-0.39, 0.29) is 11.9 Å². The summed E-state index contributed by atoms with van der Waals surface area (Å²) in [6, 6.07) is 14.3. The summed E-state index contributed by atoms with van der Waals surface area (Å²) >= 11 is 5.04. The minimum absolute atomic E-state index is 0.0455. The van der Waals surface area contributed by atoms with E-state index in [1.54, 1.807) is 18.9 Å². The van der Waals surface area contributed by atoms with Crippen molar-refractivity contribution in [2.75, 3.05) is 45.7 Å². The summed E-state index contributed by atoms with van der Waals surface area (Å²) in [4.78, 5) is 16.0. The molecule has 29 heavy (non-hydrogen) atoms. The number of carbonyl (C=O) groups excluding carboxylic acids is 1. The molecule has 5 nitrogen and oxygen atoms in total. The van der Waals surface area contributed by atoms with Gasteiger partial charge < -0.3 is 14.8 Å². The largest absolute Gasteiger partial charge is 0.497 e. The summed E-state index contributed by atoms with van der Waals surface area (Å²) in [5.74, 6) is 1.28. The number of nitrogens with zero attached hydrogens (tertiary/aromatic N) is 1. The number of benzene rings is 2. The Kier molecular flexibility index (Phi) is 8.41. The number of halogens is 1. The zero-order valence-corrected chi connectivity index (χ0v) is 19.2. The van der Waals surface area contributed by atoms with Gasteiger partial charge in [-0.05, 0) is 48.4 Å². The average molecular weight is 479 g/mol. The zero-order valence-electron chi connectivity index (χ0n) is 16.8. The van der Waals surface area contributed by atoms with Crippen LogP contribution in [0.1, 0.15) is 17.2 Å². The molecular weight excluding hydrogens is 452 g/mol. The number of amides is 1. The summed E-state index contributed by atoms with van der Waals surface area (Å²) in [6.45, 7) is 5.80. The standard InChI is InChI=1S/C22H27BrN2O3S/c1-16-13-18(23)5-8-21(16)29-15-22(26)24-14-20(25-9-11-28-12-10-25)17-3-6-19(27-2)7-4-17/h3-8,13,20H,9-12,14-15H2,1-2H3,(H,24,26)/t20-/m0/s1. The predicted molar refractivity (Wildman–Crippen MR) is 121 cm³/mol. The fourth-order valence-corrected chi connectivity index (χ4v) is 4.67. The van der Waals surface area contributed by atoms with E-state index in [1.807, 2.05) is 24.3 Å². The molecule has 0 aliphatic carbocycles. The smallest absolute Gasteiger partial charge is 0.230 e. The van der Waals surface area contributed by atoms with Crippen LogP contribution in [0.15, 0.2) is 51.8 Å². The summed E-state index contributed by atoms with van der Waals surface area (Å²) in [5.41, 5.74) is 2.34. The van der Waals surface area contributed by atoms with Gasteiger partial charge in [0.15, 0.2) is 0 Å². The highest BCUT2D eigenvalue weighted by molar-refractivity contribution is 9.10. The van der Waals surface area contributed by atoms with Gasteiger partial charge in [-0.3, -0.25) is 9.69 Å². The second-order valence-corrected chi connectivity index (χ2v) is 8.87. The van der Waals surface area contributed by atoms with Crippen LogP contribution in [-0.4, -0.2) is 56.5 Å². The molecule has 0 aromatic heterocycles. The van der Waals surface area contributed by atoms with Crippen LogP contribution < -0.4 is 10.1 Å². The van der Waals surface area contributed by atoms with Gasteiger partial charge in [0, 0.05) is 29.0 Å². The Morgan fingerprint density at radius 2 is 1.97 bits per heavy atom. The van der Waals surface area contributed by atoms with Crippen molar-refractivity contribution in [1.29, 1.82) is 0 Å². The number of hydrogen-bond acceptors (Lipinski definition) is 5. The third kappa shape index (κ3) is 6.47. The Hall–Kier alpha value is -1.54. The molecule has 0 radical (unpaired) electrons. The maximum Gasteiger partial charge on any atom is 0.230 e. The first-order chi connectivity index (χ1) is 14.1. The van der Waals surface area contributed by atoms with Crippen molar-refractivity contribution in [3.05, 3.63) is 58.1 Å². The van der Waals surface area contributed by atoms with Gasteiger partial charge in [-0.2, -0.15) is 0 Å². The molecule has 0 unspecified atom stereocenters. The normalized spacial score (nSPS) is 15.7. The van der Waals surface area contributed by atoms with E-state index in [4.69, 9.17) is 9.47 Å². The van der Waals surface area contributed by atoms with Crippen molar-refractivity contribution in [1.82, 2.24) is 10.2 Å². The number of aryl methyl sites for hydroxylation is 1. The van der Waals surface area contributed by atoms with Crippen molar-refractivity contribution in [3.63, 3.8) is 0 Å². The minimum Gasteiger partial charge on any atom is -0.497 e. The maximum absolute atomic E-state index is 12.5. The molecule has 2 aromatic carbocycles. The van der Waals surface area contributed by atoms with Crippen LogP contribution in [0.25, 0.3) is 0 Å². The fraction of sp³-hybridized carbons (Fsp3) is 0.409. The quantitative estimate of drug-likeness (QED) is 0.580. The molecule has 3 rings (SSSR count). The number of morpholine rings is 1. The van der Waals surface area contributed by atoms with Crippen LogP contribution in [0.5, 0.6) is 5.75 Å². The van der Waals surface area contributed by atoms with E-state index in [0.29, 0.717) is 12.3 Å². The Bertz CT molecular complexity index is 810. The molecule has 1 aliphatic rings. The predicted octanol–water partition coefficient (Wildman–Crippen LogP) is 4.05. The second-order valence-electron chi connectivity index (χ2n) is 6.94. The van der Waals surface area contributed by atoms with E-state index in [1.165, 1.54) is 11.1 Å². The van der Waals surface area contributed by atoms with Crippen molar-refractivity contribution in [2.24, 2.45) is 0 Å². The number of ether oxygens (including phenoxy) is 2. The summed E-state index contributed by atoms with van der Waals surface area (Å²) in [7, 11) is 1.67. The molecule has 0 spiro atoms. The van der Waals surface area contributed by atoms with Gasteiger partial charge in [-0.15, -0.1) is 11.8 Å². The van der Waals surface area contributed by atoms with E-state index >= 15 is 0 Å². The van der Waals surface area contributed by atoms with Gasteiger partial charge in [0.1, 0.15) is 5.75 Å². The van der Waals surface area contributed by atoms with Crippen molar-refractivity contribution >= 4 is 33.6 Å². The molecular formula is C22H27BrN2O3S. The molecule has 1 amide bonds. The number of carbonyl (C=O) groups is 1. The molecule has 156 valence electrons. The second kappa shape index (κ2) is 11.0. The lowest BCUT2D eigenvalue weighted by Crippen LogP contribution is -2.44. The zero-order chi connectivity index (χ0) is 20.6. The van der Waals surface area contributed by atoms with Crippen LogP contribution in [0.2, 0.25) is 0 Å². The first-order valence-electron chi connectivity index (χ1n) is 9.68. The van der Waals surface area contributed by atoms with Gasteiger partial charge in [-0.25, -0.2) is 0 Å². The van der Waals surface area contributed by atoms with E-state index in [0.717, 1.165) is 41.4 Å². The Balaban J connectivity index is 1.60. The number of nitrogens with one attached hydrogen (secondary N) is 1. The molecule has 1 atom stereocenters. The van der Waals surface area contributed by atoms with Crippen molar-refractivity contribution < 1.29 is 14.3 Å². The third-order valence-corrected chi connectivity index (χ3v) is 6.64. The minimum atomic E-state index is 0.0455. The monoisotopic (exact) mass is 478 g/mol. The van der Waals surface area contributed by atoms with Gasteiger partial charge in [-0.1, -0.05) is 28.1 Å². The van der Waals surface area contributed by atoms with E-state index in [9.17, 15) is 4.79 Å². The molecule has 7 heteroatoms. The number of thioether (sulfide) groups is 1. The molecule has 2 aromatic rings. The maximum atomic E-state index is 12.5. The molecule has 1 fully saturated rings. The highest BCUT2D eigenvalue weighted by Crippen LogP contribution is 2.26. The fourth-order valence-electron chi connectivity index (χ4n) is 3.35. The summed E-state index contributed by atoms with van der Waals surface area (Å²) in [5, 5.41) is 3.13. The number of rotatable bonds is 8. The first-order valence-corrected chi connectivity index (χ1v) is 11.5. The van der Waals surface area contributed by atoms with Crippen molar-refractivity contribution in [2.45, 2.75) is 17.9 Å². The van der Waals surface area contributed by atoms with E-state index in [2.05, 4.69) is 51.3 Å². The van der Waals surface area contributed by atoms with Gasteiger partial charge in [0.25, 0.3) is 0 Å². The van der Waals surface area contributed by atoms with Crippen LogP contribution in [0.3, 0.4) is 0 Å². The Labute approximate surface area is 185 Å². The molecule has 0 saturated carbocycles. The molecule has 1 heterocycles. The lowest BCUT2D eigenvalue weighted by molar-refractivity contribution is -0.118. The average Bonchev–Trinajstić information content (AvgIpc) is 2.74. The van der Waals surface area contributed by atoms with Crippen LogP contribution in [-0.2, 0) is 9.53 Å². The summed E-state index contributed by atoms with van der Waals surface area (Å²) in [6.07, 6.45) is 0. The topological polar surface area (TPSA) is 50.8 Å². The molecule has 0 bridgehead atoms. The van der Waals surface area contributed by atoms with Crippen LogP contribution >= 0.6 is 27.7 Å². The lowest BCUT2D eigenvalue weighted by atomic mass is 10.0. The van der Waals surface area contributed by atoms with Gasteiger partial charge in [0.05, 0.1) is 32.1 Å². The van der Waals surface area contributed by atoms with E-state index < -0.39 is 0 Å². The molecule has 1 aliphatic heterocycles. The number of methoxy groups -OCH3 is 1. The highest BCUT2D eigenvalue weighted by Gasteiger charge is 2.23. The summed E-state index contributed by atoms with van der Waals surface area (Å²) < 4.78 is 11.8. The van der Waals surface area contributed by atoms with Crippen LogP contribution in [0, 0.1) is 6.92 Å². The Morgan fingerprint density at radius 1 is 1.24 bits per heavy atom. The highest BCUT2D eigenvalue weighted by atomic mass is 79.9. The lowest BCUT2D eigenvalue weighted by Gasteiger charge is -2.35. The van der Waals surface area contributed by atoms with Crippen molar-refractivity contribution in [3.8, 4) is 5.75 Å². The molecule has 1 N–H and O–H groups in total. The van der Waals surface area contributed by atoms with Gasteiger partial charge >= 0.3 is 0 Å². The first kappa shape index (κ1) is 22.2. The number of hydrogen-bond donors (Lipinski definition) is 1. The van der Waals surface area contributed by atoms with Crippen LogP contribution in [0.4, 0.5) is 0 Å². The molecule has 1 saturated heterocycles. The SMILES string of the molecule is COc1ccc([C@H](CNC(=O)CSc2ccc(Br)cc2C)N2CCOCC2)cc1. The van der Waals surface area contributed by atoms with Gasteiger partial charge in [0.2, 0.25) is 5.91 Å². The third-order valence-electron chi connectivity index (χ3n) is 4.98.